The van der Waals surface area contributed by atoms with E-state index in [1.165, 1.54) is 0 Å². The lowest BCUT2D eigenvalue weighted by atomic mass is 9.93. The summed E-state index contributed by atoms with van der Waals surface area (Å²) < 4.78 is 7.86. The van der Waals surface area contributed by atoms with Gasteiger partial charge in [-0.3, -0.25) is 0 Å². The number of aliphatic hydroxyl groups is 1. The van der Waals surface area contributed by atoms with Gasteiger partial charge in [-0.25, -0.2) is 9.50 Å². The molecule has 0 radical (unpaired) electrons. The molecular weight excluding hydrogens is 388 g/mol. The van der Waals surface area contributed by atoms with Gasteiger partial charge in [0.2, 0.25) is 0 Å². The Hall–Kier alpha value is -3.38. The second-order valence-corrected chi connectivity index (χ2v) is 8.08. The topological polar surface area (TPSA) is 71.7 Å². The minimum atomic E-state index is -0.162. The molecule has 2 heterocycles. The van der Waals surface area contributed by atoms with Gasteiger partial charge in [-0.2, -0.15) is 0 Å². The monoisotopic (exact) mass is 414 g/mol. The van der Waals surface area contributed by atoms with Gasteiger partial charge in [0.1, 0.15) is 18.2 Å². The molecule has 0 unspecified atom stereocenters. The molecule has 158 valence electrons. The Bertz CT molecular complexity index is 1150. The molecule has 1 aliphatic rings. The highest BCUT2D eigenvalue weighted by Gasteiger charge is 2.19. The smallest absolute Gasteiger partial charge is 0.154 e. The number of fused-ring (bicyclic) bond motifs is 1. The van der Waals surface area contributed by atoms with E-state index in [2.05, 4.69) is 22.4 Å². The summed E-state index contributed by atoms with van der Waals surface area (Å²) in [4.78, 5) is 4.51. The zero-order valence-corrected chi connectivity index (χ0v) is 17.3. The van der Waals surface area contributed by atoms with Crippen molar-refractivity contribution in [3.8, 4) is 17.0 Å². The maximum absolute atomic E-state index is 9.73. The summed E-state index contributed by atoms with van der Waals surface area (Å²) in [6.45, 7) is 0.528. The fourth-order valence-corrected chi connectivity index (χ4v) is 4.06. The number of aliphatic hydroxyl groups excluding tert-OH is 1. The minimum Gasteiger partial charge on any atom is -0.489 e. The third-order valence-electron chi connectivity index (χ3n) is 5.79. The maximum Gasteiger partial charge on any atom is 0.154 e. The van der Waals surface area contributed by atoms with Crippen LogP contribution >= 0.6 is 0 Å². The number of rotatable bonds is 6. The summed E-state index contributed by atoms with van der Waals surface area (Å²) in [6, 6.07) is 22.5. The zero-order chi connectivity index (χ0) is 21.0. The Kier molecular flexibility index (Phi) is 5.54. The molecule has 0 aliphatic heterocycles. The lowest BCUT2D eigenvalue weighted by molar-refractivity contribution is 0.126. The van der Waals surface area contributed by atoms with Crippen LogP contribution in [-0.4, -0.2) is 31.9 Å². The van der Waals surface area contributed by atoms with Gasteiger partial charge in [0.15, 0.2) is 5.65 Å². The van der Waals surface area contributed by atoms with Crippen molar-refractivity contribution in [1.82, 2.24) is 14.6 Å². The van der Waals surface area contributed by atoms with Crippen molar-refractivity contribution in [2.75, 3.05) is 5.32 Å². The average molecular weight is 415 g/mol. The summed E-state index contributed by atoms with van der Waals surface area (Å²) in [7, 11) is 0. The van der Waals surface area contributed by atoms with E-state index in [0.29, 0.717) is 12.6 Å². The average Bonchev–Trinajstić information content (AvgIpc) is 3.23. The van der Waals surface area contributed by atoms with Crippen LogP contribution in [0.2, 0.25) is 0 Å². The largest absolute Gasteiger partial charge is 0.489 e. The second-order valence-electron chi connectivity index (χ2n) is 8.08. The number of hydrogen-bond donors (Lipinski definition) is 2. The SMILES string of the molecule is O[C@H]1CC[C@H](Nc2ccc3ncc(-c4cccc(OCc5ccccc5)c4)n3n2)CC1. The lowest BCUT2D eigenvalue weighted by Gasteiger charge is -2.26. The molecule has 0 amide bonds. The van der Waals surface area contributed by atoms with E-state index >= 15 is 0 Å². The molecule has 0 saturated heterocycles. The van der Waals surface area contributed by atoms with E-state index in [1.54, 1.807) is 0 Å². The number of nitrogens with one attached hydrogen (secondary N) is 1. The Morgan fingerprint density at radius 1 is 0.968 bits per heavy atom. The van der Waals surface area contributed by atoms with Crippen LogP contribution in [0.4, 0.5) is 5.82 Å². The molecule has 31 heavy (non-hydrogen) atoms. The number of hydrogen-bond acceptors (Lipinski definition) is 5. The summed E-state index contributed by atoms with van der Waals surface area (Å²) in [5, 5.41) is 18.0. The number of ether oxygens (including phenoxy) is 1. The lowest BCUT2D eigenvalue weighted by Crippen LogP contribution is -2.28. The summed E-state index contributed by atoms with van der Waals surface area (Å²) in [5.41, 5.74) is 3.86. The molecule has 1 fully saturated rings. The summed E-state index contributed by atoms with van der Waals surface area (Å²) in [5.74, 6) is 1.64. The van der Waals surface area contributed by atoms with Crippen molar-refractivity contribution in [3.63, 3.8) is 0 Å². The van der Waals surface area contributed by atoms with E-state index in [4.69, 9.17) is 9.84 Å². The predicted octanol–water partition coefficient (Wildman–Crippen LogP) is 4.69. The van der Waals surface area contributed by atoms with Crippen LogP contribution in [0.3, 0.4) is 0 Å². The van der Waals surface area contributed by atoms with Gasteiger partial charge < -0.3 is 15.2 Å². The molecule has 6 nitrogen and oxygen atoms in total. The molecule has 0 atom stereocenters. The molecule has 0 bridgehead atoms. The van der Waals surface area contributed by atoms with Crippen LogP contribution in [0, 0.1) is 0 Å². The van der Waals surface area contributed by atoms with Gasteiger partial charge >= 0.3 is 0 Å². The molecule has 1 aliphatic carbocycles. The fraction of sp³-hybridized carbons (Fsp3) is 0.280. The number of anilines is 1. The van der Waals surface area contributed by atoms with Gasteiger partial charge in [-0.05, 0) is 55.5 Å². The third-order valence-corrected chi connectivity index (χ3v) is 5.79. The van der Waals surface area contributed by atoms with Crippen molar-refractivity contribution < 1.29 is 9.84 Å². The Morgan fingerprint density at radius 3 is 2.65 bits per heavy atom. The minimum absolute atomic E-state index is 0.162. The van der Waals surface area contributed by atoms with Crippen LogP contribution in [0.25, 0.3) is 16.9 Å². The summed E-state index contributed by atoms with van der Waals surface area (Å²) in [6.07, 6.45) is 5.28. The fourth-order valence-electron chi connectivity index (χ4n) is 4.06. The maximum atomic E-state index is 9.73. The van der Waals surface area contributed by atoms with E-state index < -0.39 is 0 Å². The first-order chi connectivity index (χ1) is 15.2. The molecular formula is C25H26N4O2. The van der Waals surface area contributed by atoms with E-state index in [9.17, 15) is 5.11 Å². The second kappa shape index (κ2) is 8.78. The van der Waals surface area contributed by atoms with Crippen molar-refractivity contribution in [1.29, 1.82) is 0 Å². The molecule has 2 aromatic carbocycles. The Labute approximate surface area is 181 Å². The first-order valence-electron chi connectivity index (χ1n) is 10.8. The number of aromatic nitrogens is 3. The first kappa shape index (κ1) is 19.6. The van der Waals surface area contributed by atoms with Gasteiger partial charge in [0.25, 0.3) is 0 Å². The molecule has 4 aromatic rings. The highest BCUT2D eigenvalue weighted by molar-refractivity contribution is 5.65. The van der Waals surface area contributed by atoms with Crippen LogP contribution in [0.1, 0.15) is 31.2 Å². The first-order valence-corrected chi connectivity index (χ1v) is 10.8. The van der Waals surface area contributed by atoms with Crippen molar-refractivity contribution in [2.45, 2.75) is 44.4 Å². The third kappa shape index (κ3) is 4.54. The zero-order valence-electron chi connectivity index (χ0n) is 17.3. The highest BCUT2D eigenvalue weighted by Crippen LogP contribution is 2.26. The normalized spacial score (nSPS) is 18.7. The standard InChI is InChI=1S/C25H26N4O2/c30-21-11-9-20(10-12-21)27-24-13-14-25-26-16-23(29(25)28-24)19-7-4-8-22(15-19)31-17-18-5-2-1-3-6-18/h1-8,13-16,20-21,30H,9-12,17H2,(H,27,28)/t20-,21-. The number of nitrogens with zero attached hydrogens (tertiary/aromatic N) is 3. The van der Waals surface area contributed by atoms with Crippen LogP contribution in [-0.2, 0) is 6.61 Å². The highest BCUT2D eigenvalue weighted by atomic mass is 16.5. The molecule has 5 rings (SSSR count). The van der Waals surface area contributed by atoms with E-state index in [1.807, 2.05) is 65.3 Å². The quantitative estimate of drug-likeness (QED) is 0.479. The van der Waals surface area contributed by atoms with Gasteiger partial charge in [0, 0.05) is 11.6 Å². The number of benzene rings is 2. The van der Waals surface area contributed by atoms with Gasteiger partial charge in [-0.15, -0.1) is 5.10 Å². The Morgan fingerprint density at radius 2 is 1.81 bits per heavy atom. The van der Waals surface area contributed by atoms with E-state index in [-0.39, 0.29) is 6.10 Å². The molecule has 6 heteroatoms. The molecule has 2 N–H and O–H groups in total. The van der Waals surface area contributed by atoms with Gasteiger partial charge in [0.05, 0.1) is 18.0 Å². The van der Waals surface area contributed by atoms with Crippen LogP contribution in [0.5, 0.6) is 5.75 Å². The molecule has 2 aromatic heterocycles. The van der Waals surface area contributed by atoms with Crippen molar-refractivity contribution in [3.05, 3.63) is 78.5 Å². The van der Waals surface area contributed by atoms with Gasteiger partial charge in [-0.1, -0.05) is 42.5 Å². The molecule has 1 saturated carbocycles. The predicted molar refractivity (Wildman–Crippen MR) is 121 cm³/mol. The van der Waals surface area contributed by atoms with Crippen LogP contribution < -0.4 is 10.1 Å². The molecule has 0 spiro atoms. The summed E-state index contributed by atoms with van der Waals surface area (Å²) >= 11 is 0. The number of imidazole rings is 1. The Balaban J connectivity index is 1.36. The van der Waals surface area contributed by atoms with Crippen molar-refractivity contribution >= 4 is 11.5 Å². The van der Waals surface area contributed by atoms with Crippen LogP contribution in [0.15, 0.2) is 72.9 Å². The van der Waals surface area contributed by atoms with E-state index in [0.717, 1.165) is 59.7 Å². The van der Waals surface area contributed by atoms with Crippen molar-refractivity contribution in [2.24, 2.45) is 0 Å².